The zero-order valence-corrected chi connectivity index (χ0v) is 7.97. The van der Waals surface area contributed by atoms with Gasteiger partial charge in [0.2, 0.25) is 0 Å². The van der Waals surface area contributed by atoms with Crippen LogP contribution in [0.5, 0.6) is 0 Å². The molecule has 0 aliphatic carbocycles. The molecule has 1 N–H and O–H groups in total. The van der Waals surface area contributed by atoms with Crippen LogP contribution in [0, 0.1) is 5.82 Å². The highest BCUT2D eigenvalue weighted by atomic mass is 19.1. The van der Waals surface area contributed by atoms with Crippen LogP contribution in [0.15, 0.2) is 18.2 Å². The Labute approximate surface area is 79.8 Å². The highest BCUT2D eigenvalue weighted by molar-refractivity contribution is 6.32. The monoisotopic (exact) mass is 177 g/mol. The van der Waals surface area contributed by atoms with E-state index in [-0.39, 0.29) is 11.3 Å². The van der Waals surface area contributed by atoms with E-state index in [0.29, 0.717) is 6.04 Å². The first kappa shape index (κ1) is 10.3. The van der Waals surface area contributed by atoms with E-state index in [9.17, 15) is 4.39 Å². The lowest BCUT2D eigenvalue weighted by Gasteiger charge is -2.08. The summed E-state index contributed by atoms with van der Waals surface area (Å²) in [5, 5.41) is 3.23. The van der Waals surface area contributed by atoms with Crippen molar-refractivity contribution < 1.29 is 4.39 Å². The second-order valence-corrected chi connectivity index (χ2v) is 3.39. The zero-order valence-electron chi connectivity index (χ0n) is 7.97. The molecule has 1 nitrogen and oxygen atoms in total. The first-order chi connectivity index (χ1) is 6.09. The van der Waals surface area contributed by atoms with Crippen molar-refractivity contribution in [1.29, 1.82) is 0 Å². The van der Waals surface area contributed by atoms with Crippen molar-refractivity contribution in [3.05, 3.63) is 29.6 Å². The molecule has 0 bridgehead atoms. The van der Waals surface area contributed by atoms with Gasteiger partial charge in [-0.05, 0) is 11.6 Å². The van der Waals surface area contributed by atoms with Gasteiger partial charge < -0.3 is 5.32 Å². The second-order valence-electron chi connectivity index (χ2n) is 3.39. The van der Waals surface area contributed by atoms with Gasteiger partial charge in [-0.2, -0.15) is 0 Å². The molecular weight excluding hydrogens is 164 g/mol. The second kappa shape index (κ2) is 4.42. The van der Waals surface area contributed by atoms with Gasteiger partial charge in [-0.1, -0.05) is 31.4 Å². The minimum atomic E-state index is -0.353. The molecule has 2 radical (unpaired) electrons. The number of nitrogens with one attached hydrogen (secondary N) is 1. The molecule has 1 aromatic rings. The summed E-state index contributed by atoms with van der Waals surface area (Å²) in [6.07, 6.45) is 0. The molecular formula is C10H13BFN. The molecule has 13 heavy (non-hydrogen) atoms. The molecule has 68 valence electrons. The summed E-state index contributed by atoms with van der Waals surface area (Å²) >= 11 is 0. The Bertz CT molecular complexity index is 286. The molecule has 1 rings (SSSR count). The van der Waals surface area contributed by atoms with E-state index in [2.05, 4.69) is 19.2 Å². The first-order valence-corrected chi connectivity index (χ1v) is 4.37. The van der Waals surface area contributed by atoms with Gasteiger partial charge in [0.1, 0.15) is 13.7 Å². The van der Waals surface area contributed by atoms with Crippen molar-refractivity contribution in [2.75, 3.05) is 0 Å². The molecule has 0 atom stereocenters. The summed E-state index contributed by atoms with van der Waals surface area (Å²) in [6.45, 7) is 4.85. The largest absolute Gasteiger partial charge is 0.310 e. The Morgan fingerprint density at radius 3 is 2.69 bits per heavy atom. The van der Waals surface area contributed by atoms with Crippen molar-refractivity contribution in [1.82, 2.24) is 5.32 Å². The maximum Gasteiger partial charge on any atom is 0.117 e. The van der Waals surface area contributed by atoms with Crippen LogP contribution in [0.4, 0.5) is 4.39 Å². The Kier molecular flexibility index (Phi) is 3.49. The van der Waals surface area contributed by atoms with Crippen molar-refractivity contribution in [2.24, 2.45) is 0 Å². The lowest BCUT2D eigenvalue weighted by Crippen LogP contribution is -2.22. The first-order valence-electron chi connectivity index (χ1n) is 4.37. The molecule has 0 saturated carbocycles. The number of benzene rings is 1. The predicted molar refractivity (Wildman–Crippen MR) is 53.8 cm³/mol. The van der Waals surface area contributed by atoms with Crippen molar-refractivity contribution >= 4 is 13.3 Å². The van der Waals surface area contributed by atoms with Gasteiger partial charge >= 0.3 is 0 Å². The average molecular weight is 177 g/mol. The van der Waals surface area contributed by atoms with Gasteiger partial charge in [-0.3, -0.25) is 0 Å². The number of hydrogen-bond acceptors (Lipinski definition) is 1. The topological polar surface area (TPSA) is 12.0 Å². The van der Waals surface area contributed by atoms with Gasteiger partial charge in [0.25, 0.3) is 0 Å². The number of rotatable bonds is 3. The lowest BCUT2D eigenvalue weighted by molar-refractivity contribution is 0.587. The smallest absolute Gasteiger partial charge is 0.117 e. The van der Waals surface area contributed by atoms with Gasteiger partial charge in [-0.15, -0.1) is 0 Å². The minimum Gasteiger partial charge on any atom is -0.310 e. The highest BCUT2D eigenvalue weighted by Gasteiger charge is 1.98. The van der Waals surface area contributed by atoms with Crippen LogP contribution < -0.4 is 10.8 Å². The Morgan fingerprint density at radius 2 is 2.15 bits per heavy atom. The van der Waals surface area contributed by atoms with E-state index in [1.807, 2.05) is 0 Å². The minimum absolute atomic E-state index is 0.211. The standard InChI is InChI=1S/C10H13BFN/c1-7(2)13-6-8-3-4-10(12)9(11)5-8/h3-5,7,13H,6H2,1-2H3. The fraction of sp³-hybridized carbons (Fsp3) is 0.400. The SMILES string of the molecule is [B]c1cc(CNC(C)C)ccc1F. The highest BCUT2D eigenvalue weighted by Crippen LogP contribution is 1.99. The quantitative estimate of drug-likeness (QED) is 0.682. The molecule has 0 fully saturated rings. The van der Waals surface area contributed by atoms with Crippen LogP contribution in [0.25, 0.3) is 0 Å². The van der Waals surface area contributed by atoms with E-state index < -0.39 is 0 Å². The third kappa shape index (κ3) is 3.19. The average Bonchev–Trinajstić information content (AvgIpc) is 2.07. The molecule has 1 aromatic carbocycles. The lowest BCUT2D eigenvalue weighted by atomic mass is 9.93. The van der Waals surface area contributed by atoms with Gasteiger partial charge in [0.05, 0.1) is 0 Å². The Hall–Kier alpha value is -0.825. The maximum atomic E-state index is 12.8. The summed E-state index contributed by atoms with van der Waals surface area (Å²) in [7, 11) is 5.42. The van der Waals surface area contributed by atoms with E-state index in [4.69, 9.17) is 7.85 Å². The third-order valence-electron chi connectivity index (χ3n) is 1.77. The number of halogens is 1. The molecule has 0 unspecified atom stereocenters. The molecule has 0 spiro atoms. The summed E-state index contributed by atoms with van der Waals surface area (Å²) in [5.74, 6) is -0.353. The van der Waals surface area contributed by atoms with Gasteiger partial charge in [0, 0.05) is 12.6 Å². The molecule has 0 aliphatic heterocycles. The van der Waals surface area contributed by atoms with Crippen molar-refractivity contribution in [2.45, 2.75) is 26.4 Å². The van der Waals surface area contributed by atoms with E-state index in [1.54, 1.807) is 12.1 Å². The van der Waals surface area contributed by atoms with Gasteiger partial charge in [-0.25, -0.2) is 4.39 Å². The number of hydrogen-bond donors (Lipinski definition) is 1. The van der Waals surface area contributed by atoms with Crippen molar-refractivity contribution in [3.63, 3.8) is 0 Å². The summed E-state index contributed by atoms with van der Waals surface area (Å²) in [4.78, 5) is 0. The predicted octanol–water partition coefficient (Wildman–Crippen LogP) is 1.12. The van der Waals surface area contributed by atoms with E-state index in [0.717, 1.165) is 12.1 Å². The molecule has 0 saturated heterocycles. The Morgan fingerprint density at radius 1 is 1.46 bits per heavy atom. The van der Waals surface area contributed by atoms with Crippen molar-refractivity contribution in [3.8, 4) is 0 Å². The zero-order chi connectivity index (χ0) is 9.84. The van der Waals surface area contributed by atoms with Crippen LogP contribution in [0.2, 0.25) is 0 Å². The third-order valence-corrected chi connectivity index (χ3v) is 1.77. The molecule has 0 aliphatic rings. The maximum absolute atomic E-state index is 12.8. The summed E-state index contributed by atoms with van der Waals surface area (Å²) < 4.78 is 12.8. The fourth-order valence-corrected chi connectivity index (χ4v) is 1.03. The van der Waals surface area contributed by atoms with Crippen LogP contribution in [0.1, 0.15) is 19.4 Å². The molecule has 0 aromatic heterocycles. The van der Waals surface area contributed by atoms with Crippen LogP contribution in [-0.2, 0) is 6.54 Å². The van der Waals surface area contributed by atoms with Crippen LogP contribution in [0.3, 0.4) is 0 Å². The summed E-state index contributed by atoms with van der Waals surface area (Å²) in [6, 6.07) is 5.21. The van der Waals surface area contributed by atoms with Gasteiger partial charge in [0.15, 0.2) is 0 Å². The Balaban J connectivity index is 2.63. The molecule has 0 heterocycles. The summed E-state index contributed by atoms with van der Waals surface area (Å²) in [5.41, 5.74) is 1.22. The molecule has 3 heteroatoms. The van der Waals surface area contributed by atoms with E-state index >= 15 is 0 Å². The normalized spacial score (nSPS) is 10.8. The van der Waals surface area contributed by atoms with E-state index in [1.165, 1.54) is 6.07 Å². The van der Waals surface area contributed by atoms with Crippen LogP contribution in [-0.4, -0.2) is 13.9 Å². The fourth-order valence-electron chi connectivity index (χ4n) is 1.03. The molecule has 0 amide bonds. The van der Waals surface area contributed by atoms with Crippen LogP contribution >= 0.6 is 0 Å².